The number of rotatable bonds is 3. The molecule has 0 saturated heterocycles. The Morgan fingerprint density at radius 3 is 2.74 bits per heavy atom. The van der Waals surface area contributed by atoms with Crippen LogP contribution in [0.4, 0.5) is 5.69 Å². The minimum Gasteiger partial charge on any atom is -0.379 e. The van der Waals surface area contributed by atoms with Crippen LogP contribution < -0.4 is 5.32 Å². The molecule has 0 amide bonds. The topological polar surface area (TPSA) is 53.6 Å². The second kappa shape index (κ2) is 5.45. The van der Waals surface area contributed by atoms with E-state index < -0.39 is 0 Å². The molecular weight excluding hydrogens is 304 g/mol. The third-order valence-corrected chi connectivity index (χ3v) is 4.11. The van der Waals surface area contributed by atoms with Gasteiger partial charge in [-0.3, -0.25) is 4.68 Å². The molecule has 19 heavy (non-hydrogen) atoms. The van der Waals surface area contributed by atoms with E-state index in [0.717, 1.165) is 27.1 Å². The van der Waals surface area contributed by atoms with Gasteiger partial charge in [0.1, 0.15) is 0 Å². The van der Waals surface area contributed by atoms with Gasteiger partial charge in [0.2, 0.25) is 0 Å². The third kappa shape index (κ3) is 2.79. The van der Waals surface area contributed by atoms with Gasteiger partial charge >= 0.3 is 0 Å². The van der Waals surface area contributed by atoms with Gasteiger partial charge in [-0.2, -0.15) is 10.4 Å². The van der Waals surface area contributed by atoms with E-state index in [0.29, 0.717) is 12.1 Å². The molecule has 0 radical (unpaired) electrons. The molecule has 1 N–H and O–H groups in total. The summed E-state index contributed by atoms with van der Waals surface area (Å²) >= 11 is 3.55. The van der Waals surface area contributed by atoms with Crippen molar-refractivity contribution < 1.29 is 0 Å². The lowest BCUT2D eigenvalue weighted by Gasteiger charge is -2.10. The van der Waals surface area contributed by atoms with E-state index in [9.17, 15) is 0 Å². The van der Waals surface area contributed by atoms with Crippen LogP contribution in [0.5, 0.6) is 0 Å². The SMILES string of the molecule is Cc1ccc(C#N)cc1NCc1c(Br)c(C)nn1C. The summed E-state index contributed by atoms with van der Waals surface area (Å²) in [5.41, 5.74) is 4.81. The predicted octanol–water partition coefficient (Wildman–Crippen LogP) is 3.28. The molecule has 0 saturated carbocycles. The van der Waals surface area contributed by atoms with Gasteiger partial charge in [0, 0.05) is 12.7 Å². The normalized spacial score (nSPS) is 10.3. The van der Waals surface area contributed by atoms with E-state index in [1.165, 1.54) is 0 Å². The van der Waals surface area contributed by atoms with Gasteiger partial charge < -0.3 is 5.32 Å². The summed E-state index contributed by atoms with van der Waals surface area (Å²) in [6.07, 6.45) is 0. The van der Waals surface area contributed by atoms with Gasteiger partial charge in [0.25, 0.3) is 0 Å². The van der Waals surface area contributed by atoms with Crippen LogP contribution in [0.3, 0.4) is 0 Å². The summed E-state index contributed by atoms with van der Waals surface area (Å²) in [4.78, 5) is 0. The Morgan fingerprint density at radius 2 is 2.16 bits per heavy atom. The zero-order valence-corrected chi connectivity index (χ0v) is 12.7. The number of hydrogen-bond acceptors (Lipinski definition) is 3. The molecule has 0 bridgehead atoms. The second-order valence-corrected chi connectivity index (χ2v) is 5.26. The van der Waals surface area contributed by atoms with Crippen molar-refractivity contribution in [2.45, 2.75) is 20.4 Å². The minimum atomic E-state index is 0.660. The van der Waals surface area contributed by atoms with Crippen LogP contribution in [0.15, 0.2) is 22.7 Å². The van der Waals surface area contributed by atoms with Gasteiger partial charge in [-0.25, -0.2) is 0 Å². The average Bonchev–Trinajstić information content (AvgIpc) is 2.63. The predicted molar refractivity (Wildman–Crippen MR) is 78.9 cm³/mol. The second-order valence-electron chi connectivity index (χ2n) is 4.46. The lowest BCUT2D eigenvalue weighted by molar-refractivity contribution is 0.712. The minimum absolute atomic E-state index is 0.660. The number of aryl methyl sites for hydroxylation is 3. The summed E-state index contributed by atoms with van der Waals surface area (Å²) < 4.78 is 2.88. The number of benzene rings is 1. The third-order valence-electron chi connectivity index (χ3n) is 3.07. The highest BCUT2D eigenvalue weighted by Crippen LogP contribution is 2.22. The first-order valence-corrected chi connectivity index (χ1v) is 6.75. The molecule has 1 aromatic heterocycles. The van der Waals surface area contributed by atoms with Crippen LogP contribution in [-0.4, -0.2) is 9.78 Å². The summed E-state index contributed by atoms with van der Waals surface area (Å²) in [6, 6.07) is 7.79. The maximum Gasteiger partial charge on any atom is 0.0992 e. The van der Waals surface area contributed by atoms with Gasteiger partial charge in [-0.05, 0) is 47.5 Å². The van der Waals surface area contributed by atoms with E-state index in [2.05, 4.69) is 32.4 Å². The van der Waals surface area contributed by atoms with Crippen LogP contribution in [0.1, 0.15) is 22.5 Å². The molecule has 0 aliphatic rings. The molecule has 0 spiro atoms. The highest BCUT2D eigenvalue weighted by molar-refractivity contribution is 9.10. The number of anilines is 1. The molecular formula is C14H15BrN4. The Hall–Kier alpha value is -1.80. The zero-order chi connectivity index (χ0) is 14.0. The van der Waals surface area contributed by atoms with Crippen molar-refractivity contribution in [1.82, 2.24) is 9.78 Å². The van der Waals surface area contributed by atoms with Gasteiger partial charge in [-0.15, -0.1) is 0 Å². The maximum atomic E-state index is 8.93. The highest BCUT2D eigenvalue weighted by Gasteiger charge is 2.10. The van der Waals surface area contributed by atoms with Crippen molar-refractivity contribution in [3.05, 3.63) is 45.2 Å². The molecule has 0 unspecified atom stereocenters. The lowest BCUT2D eigenvalue weighted by Crippen LogP contribution is -2.07. The van der Waals surface area contributed by atoms with Crippen molar-refractivity contribution in [1.29, 1.82) is 5.26 Å². The molecule has 1 heterocycles. The first-order valence-electron chi connectivity index (χ1n) is 5.95. The molecule has 0 atom stereocenters. The van der Waals surface area contributed by atoms with Crippen molar-refractivity contribution in [2.24, 2.45) is 7.05 Å². The zero-order valence-electron chi connectivity index (χ0n) is 11.2. The van der Waals surface area contributed by atoms with E-state index in [1.54, 1.807) is 0 Å². The van der Waals surface area contributed by atoms with Gasteiger partial charge in [0.05, 0.1) is 34.0 Å². The van der Waals surface area contributed by atoms with Crippen molar-refractivity contribution in [3.63, 3.8) is 0 Å². The van der Waals surface area contributed by atoms with Gasteiger partial charge in [0.15, 0.2) is 0 Å². The maximum absolute atomic E-state index is 8.93. The van der Waals surface area contributed by atoms with E-state index in [-0.39, 0.29) is 0 Å². The molecule has 1 aromatic carbocycles. The van der Waals surface area contributed by atoms with Crippen molar-refractivity contribution >= 4 is 21.6 Å². The number of halogens is 1. The molecule has 2 aromatic rings. The fourth-order valence-electron chi connectivity index (χ4n) is 1.93. The molecule has 0 aliphatic heterocycles. The number of nitriles is 1. The summed E-state index contributed by atoms with van der Waals surface area (Å²) in [5.74, 6) is 0. The highest BCUT2D eigenvalue weighted by atomic mass is 79.9. The summed E-state index contributed by atoms with van der Waals surface area (Å²) in [7, 11) is 1.92. The largest absolute Gasteiger partial charge is 0.379 e. The lowest BCUT2D eigenvalue weighted by atomic mass is 10.1. The average molecular weight is 319 g/mol. The Morgan fingerprint density at radius 1 is 1.42 bits per heavy atom. The monoisotopic (exact) mass is 318 g/mol. The molecule has 0 fully saturated rings. The number of nitrogens with one attached hydrogen (secondary N) is 1. The quantitative estimate of drug-likeness (QED) is 0.944. The van der Waals surface area contributed by atoms with Crippen LogP contribution >= 0.6 is 15.9 Å². The summed E-state index contributed by atoms with van der Waals surface area (Å²) in [6.45, 7) is 4.65. The van der Waals surface area contributed by atoms with Crippen LogP contribution in [0, 0.1) is 25.2 Å². The van der Waals surface area contributed by atoms with E-state index in [1.807, 2.05) is 43.8 Å². The number of nitrogens with zero attached hydrogens (tertiary/aromatic N) is 3. The first-order chi connectivity index (χ1) is 9.02. The van der Waals surface area contributed by atoms with Crippen molar-refractivity contribution in [3.8, 4) is 6.07 Å². The number of aromatic nitrogens is 2. The fraction of sp³-hybridized carbons (Fsp3) is 0.286. The summed E-state index contributed by atoms with van der Waals surface area (Å²) in [5, 5.41) is 16.6. The Kier molecular flexibility index (Phi) is 3.91. The van der Waals surface area contributed by atoms with Crippen LogP contribution in [0.25, 0.3) is 0 Å². The standard InChI is InChI=1S/C14H15BrN4/c1-9-4-5-11(7-16)6-12(9)17-8-13-14(15)10(2)18-19(13)3/h4-6,17H,8H2,1-3H3. The Bertz CT molecular complexity index is 652. The molecule has 5 heteroatoms. The van der Waals surface area contributed by atoms with Crippen LogP contribution in [-0.2, 0) is 13.6 Å². The molecule has 0 aliphatic carbocycles. The molecule has 98 valence electrons. The molecule has 4 nitrogen and oxygen atoms in total. The Balaban J connectivity index is 2.21. The van der Waals surface area contributed by atoms with Crippen molar-refractivity contribution in [2.75, 3.05) is 5.32 Å². The fourth-order valence-corrected chi connectivity index (χ4v) is 2.41. The Labute approximate surface area is 121 Å². The van der Waals surface area contributed by atoms with Gasteiger partial charge in [-0.1, -0.05) is 6.07 Å². The molecule has 2 rings (SSSR count). The van der Waals surface area contributed by atoms with E-state index >= 15 is 0 Å². The smallest absolute Gasteiger partial charge is 0.0992 e. The van der Waals surface area contributed by atoms with E-state index in [4.69, 9.17) is 5.26 Å². The van der Waals surface area contributed by atoms with Crippen LogP contribution in [0.2, 0.25) is 0 Å². The number of hydrogen-bond donors (Lipinski definition) is 1. The first kappa shape index (κ1) is 13.6.